The Kier molecular flexibility index (Phi) is 10.0. The van der Waals surface area contributed by atoms with Crippen LogP contribution in [0.1, 0.15) is 24.0 Å². The van der Waals surface area contributed by atoms with Crippen molar-refractivity contribution >= 4 is 58.3 Å². The van der Waals surface area contributed by atoms with Gasteiger partial charge in [0.15, 0.2) is 0 Å². The van der Waals surface area contributed by atoms with Gasteiger partial charge in [0, 0.05) is 55.3 Å². The van der Waals surface area contributed by atoms with E-state index in [0.29, 0.717) is 61.3 Å². The summed E-state index contributed by atoms with van der Waals surface area (Å²) >= 11 is 13.5. The minimum Gasteiger partial charge on any atom is -0.495 e. The van der Waals surface area contributed by atoms with Crippen molar-refractivity contribution in [2.24, 2.45) is 0 Å². The molecular formula is C32H37Cl2N7O4. The summed E-state index contributed by atoms with van der Waals surface area (Å²) < 4.78 is 11.0. The molecule has 0 unspecified atom stereocenters. The number of methoxy groups -OCH3 is 2. The van der Waals surface area contributed by atoms with Crippen molar-refractivity contribution < 1.29 is 19.1 Å². The minimum absolute atomic E-state index is 0.0451. The van der Waals surface area contributed by atoms with Gasteiger partial charge in [0.25, 0.3) is 0 Å². The first-order chi connectivity index (χ1) is 21.6. The molecule has 0 bridgehead atoms. The number of aromatic nitrogens is 2. The van der Waals surface area contributed by atoms with Gasteiger partial charge in [0.05, 0.1) is 26.5 Å². The van der Waals surface area contributed by atoms with Crippen LogP contribution in [0.5, 0.6) is 11.5 Å². The molecule has 2 aliphatic rings. The fourth-order valence-corrected chi connectivity index (χ4v) is 6.22. The summed E-state index contributed by atoms with van der Waals surface area (Å²) in [6, 6.07) is 8.86. The van der Waals surface area contributed by atoms with Crippen LogP contribution in [0.3, 0.4) is 0 Å². The number of aryl methyl sites for hydroxylation is 1. The molecular weight excluding hydrogens is 617 g/mol. The Morgan fingerprint density at radius 1 is 1.11 bits per heavy atom. The predicted octanol–water partition coefficient (Wildman–Crippen LogP) is 5.91. The van der Waals surface area contributed by atoms with Crippen LogP contribution in [0, 0.1) is 6.92 Å². The van der Waals surface area contributed by atoms with Crippen molar-refractivity contribution in [3.8, 4) is 11.5 Å². The molecule has 0 aliphatic carbocycles. The maximum absolute atomic E-state index is 14.5. The van der Waals surface area contributed by atoms with Gasteiger partial charge in [-0.2, -0.15) is 4.98 Å². The van der Waals surface area contributed by atoms with E-state index in [0.717, 1.165) is 11.3 Å². The molecule has 0 atom stereocenters. The number of urea groups is 1. The van der Waals surface area contributed by atoms with E-state index in [-0.39, 0.29) is 40.3 Å². The predicted molar refractivity (Wildman–Crippen MR) is 177 cm³/mol. The molecule has 1 N–H and O–H groups in total. The molecule has 1 saturated heterocycles. The fraction of sp³-hybridized carbons (Fsp3) is 0.375. The zero-order chi connectivity index (χ0) is 32.2. The SMILES string of the molecule is COc1cc(OC)c(Cl)c(N2Cc3cnc(Nc4cccc(C)c4)nc3N(C3CCN(C(=O)/C=C/CN(C)C)CC3)C2=O)c1Cl. The molecule has 1 aromatic heterocycles. The maximum Gasteiger partial charge on any atom is 0.330 e. The third-order valence-corrected chi connectivity index (χ3v) is 8.53. The van der Waals surface area contributed by atoms with Gasteiger partial charge in [-0.25, -0.2) is 9.78 Å². The fourth-order valence-electron chi connectivity index (χ4n) is 5.52. The zero-order valence-corrected chi connectivity index (χ0v) is 27.5. The highest BCUT2D eigenvalue weighted by atomic mass is 35.5. The first-order valence-corrected chi connectivity index (χ1v) is 15.4. The highest BCUT2D eigenvalue weighted by Crippen LogP contribution is 2.48. The average molecular weight is 655 g/mol. The number of ether oxygens (including phenoxy) is 2. The number of hydrogen-bond acceptors (Lipinski definition) is 8. The van der Waals surface area contributed by atoms with Crippen LogP contribution in [0.4, 0.5) is 27.9 Å². The van der Waals surface area contributed by atoms with Crippen LogP contribution in [-0.4, -0.2) is 85.7 Å². The Bertz CT molecular complexity index is 1580. The molecule has 0 spiro atoms. The summed E-state index contributed by atoms with van der Waals surface area (Å²) in [6.45, 7) is 3.79. The molecule has 0 radical (unpaired) electrons. The monoisotopic (exact) mass is 653 g/mol. The standard InChI is InChI=1S/C32H37Cl2N7O4/c1-20-8-6-9-22(16-20)36-31-35-18-21-19-40(29-27(33)24(44-4)17-25(45-5)28(29)34)32(43)41(30(21)37-31)23-11-14-39(15-12-23)26(42)10-7-13-38(2)3/h6-10,16-18,23H,11-15,19H2,1-5H3,(H,35,36,37)/b10-7+. The number of carbonyl (C=O) groups is 2. The summed E-state index contributed by atoms with van der Waals surface area (Å²) in [5, 5.41) is 3.63. The molecule has 3 aromatic rings. The van der Waals surface area contributed by atoms with Gasteiger partial charge in [0.1, 0.15) is 27.4 Å². The molecule has 2 aromatic carbocycles. The molecule has 11 nitrogen and oxygen atoms in total. The van der Waals surface area contributed by atoms with Crippen molar-refractivity contribution in [1.82, 2.24) is 19.8 Å². The number of likely N-dealkylation sites (N-methyl/N-ethyl adjacent to an activating group) is 1. The third-order valence-electron chi connectivity index (χ3n) is 7.80. The summed E-state index contributed by atoms with van der Waals surface area (Å²) in [7, 11) is 6.87. The Morgan fingerprint density at radius 3 is 2.42 bits per heavy atom. The quantitative estimate of drug-likeness (QED) is 0.285. The number of nitrogens with zero attached hydrogens (tertiary/aromatic N) is 6. The first kappa shape index (κ1) is 32.3. The number of likely N-dealkylation sites (tertiary alicyclic amines) is 1. The minimum atomic E-state index is -0.350. The second-order valence-electron chi connectivity index (χ2n) is 11.3. The molecule has 0 saturated carbocycles. The molecule has 3 amide bonds. The topological polar surface area (TPSA) is 103 Å². The Morgan fingerprint density at radius 2 is 1.80 bits per heavy atom. The number of nitrogens with one attached hydrogen (secondary N) is 1. The summed E-state index contributed by atoms with van der Waals surface area (Å²) in [6.07, 6.45) is 6.28. The van der Waals surface area contributed by atoms with Crippen LogP contribution in [0.25, 0.3) is 0 Å². The van der Waals surface area contributed by atoms with Gasteiger partial charge in [-0.15, -0.1) is 0 Å². The second kappa shape index (κ2) is 13.9. The maximum atomic E-state index is 14.5. The van der Waals surface area contributed by atoms with Crippen molar-refractivity contribution in [3.63, 3.8) is 0 Å². The Hall–Kier alpha value is -4.06. The van der Waals surface area contributed by atoms with Crippen LogP contribution < -0.4 is 24.6 Å². The average Bonchev–Trinajstić information content (AvgIpc) is 3.01. The normalized spacial score (nSPS) is 15.6. The van der Waals surface area contributed by atoms with Gasteiger partial charge in [-0.1, -0.05) is 41.4 Å². The van der Waals surface area contributed by atoms with Crippen molar-refractivity contribution in [2.75, 3.05) is 63.1 Å². The number of anilines is 4. The van der Waals surface area contributed by atoms with E-state index in [1.165, 1.54) is 19.1 Å². The van der Waals surface area contributed by atoms with E-state index in [9.17, 15) is 9.59 Å². The number of amides is 3. The summed E-state index contributed by atoms with van der Waals surface area (Å²) in [5.74, 6) is 1.46. The van der Waals surface area contributed by atoms with Gasteiger partial charge in [-0.3, -0.25) is 14.6 Å². The lowest BCUT2D eigenvalue weighted by Gasteiger charge is -2.43. The van der Waals surface area contributed by atoms with Crippen molar-refractivity contribution in [2.45, 2.75) is 32.4 Å². The lowest BCUT2D eigenvalue weighted by molar-refractivity contribution is -0.127. The van der Waals surface area contributed by atoms with Gasteiger partial charge < -0.3 is 24.6 Å². The van der Waals surface area contributed by atoms with E-state index < -0.39 is 0 Å². The molecule has 238 valence electrons. The molecule has 5 rings (SSSR count). The van der Waals surface area contributed by atoms with Crippen molar-refractivity contribution in [1.29, 1.82) is 0 Å². The molecule has 3 heterocycles. The van der Waals surface area contributed by atoms with Gasteiger partial charge in [-0.05, 0) is 51.6 Å². The van der Waals surface area contributed by atoms with Crippen LogP contribution in [0.15, 0.2) is 48.7 Å². The first-order valence-electron chi connectivity index (χ1n) is 14.6. The highest BCUT2D eigenvalue weighted by molar-refractivity contribution is 6.42. The number of hydrogen-bond donors (Lipinski definition) is 1. The second-order valence-corrected chi connectivity index (χ2v) is 12.0. The van der Waals surface area contributed by atoms with Gasteiger partial charge in [0.2, 0.25) is 11.9 Å². The van der Waals surface area contributed by atoms with Gasteiger partial charge >= 0.3 is 6.03 Å². The van der Waals surface area contributed by atoms with Crippen LogP contribution >= 0.6 is 23.2 Å². The Labute approximate surface area is 273 Å². The number of benzene rings is 2. The largest absolute Gasteiger partial charge is 0.495 e. The smallest absolute Gasteiger partial charge is 0.330 e. The summed E-state index contributed by atoms with van der Waals surface area (Å²) in [4.78, 5) is 43.8. The number of fused-ring (bicyclic) bond motifs is 1. The van der Waals surface area contributed by atoms with Crippen LogP contribution in [-0.2, 0) is 11.3 Å². The lowest BCUT2D eigenvalue weighted by atomic mass is 10.0. The molecule has 13 heteroatoms. The molecule has 2 aliphatic heterocycles. The van der Waals surface area contributed by atoms with E-state index >= 15 is 0 Å². The van der Waals surface area contributed by atoms with Crippen molar-refractivity contribution in [3.05, 3.63) is 69.9 Å². The highest BCUT2D eigenvalue weighted by Gasteiger charge is 2.41. The number of rotatable bonds is 9. The zero-order valence-electron chi connectivity index (χ0n) is 26.0. The third kappa shape index (κ3) is 6.95. The van der Waals surface area contributed by atoms with E-state index in [2.05, 4.69) is 10.3 Å². The van der Waals surface area contributed by atoms with E-state index in [1.54, 1.807) is 28.1 Å². The van der Waals surface area contributed by atoms with Crippen LogP contribution in [0.2, 0.25) is 10.0 Å². The number of halogens is 2. The van der Waals surface area contributed by atoms with E-state index in [1.807, 2.05) is 56.3 Å². The number of carbonyl (C=O) groups excluding carboxylic acids is 2. The molecule has 1 fully saturated rings. The Balaban J connectivity index is 1.50. The lowest BCUT2D eigenvalue weighted by Crippen LogP contribution is -2.55. The van der Waals surface area contributed by atoms with E-state index in [4.69, 9.17) is 37.7 Å². The summed E-state index contributed by atoms with van der Waals surface area (Å²) in [5.41, 5.74) is 2.91. The molecule has 45 heavy (non-hydrogen) atoms. The number of piperidine rings is 1.